The largest absolute Gasteiger partial charge is 0.315 e. The summed E-state index contributed by atoms with van der Waals surface area (Å²) in [4.78, 5) is 1.38. The average molecular weight is 324 g/mol. The van der Waals surface area contributed by atoms with Crippen LogP contribution >= 0.6 is 11.3 Å². The molecule has 0 aliphatic rings. The molecular weight excluding hydrogens is 304 g/mol. The van der Waals surface area contributed by atoms with Gasteiger partial charge in [-0.15, -0.1) is 11.3 Å². The van der Waals surface area contributed by atoms with Crippen molar-refractivity contribution >= 4 is 21.4 Å². The Morgan fingerprint density at radius 3 is 2.52 bits per heavy atom. The number of hydrogen-bond donors (Lipinski definition) is 1. The van der Waals surface area contributed by atoms with Crippen LogP contribution in [0.25, 0.3) is 0 Å². The van der Waals surface area contributed by atoms with Crippen molar-refractivity contribution in [1.82, 2.24) is 9.62 Å². The molecule has 4 nitrogen and oxygen atoms in total. The summed E-state index contributed by atoms with van der Waals surface area (Å²) in [6.07, 6.45) is 0. The van der Waals surface area contributed by atoms with Crippen molar-refractivity contribution in [1.29, 1.82) is 0 Å². The van der Waals surface area contributed by atoms with Gasteiger partial charge in [-0.2, -0.15) is 4.31 Å². The molecule has 114 valence electrons. The standard InChI is InChI=1S/C15H20N2O2S2/c1-12-4-6-13(7-5-12)10-17(3)21(18,19)15-8-14(9-16-2)20-11-15/h4-8,11,16H,9-10H2,1-3H3. The molecule has 0 amide bonds. The van der Waals surface area contributed by atoms with Gasteiger partial charge in [0.1, 0.15) is 0 Å². The number of benzene rings is 1. The SMILES string of the molecule is CNCc1cc(S(=O)(=O)N(C)Cc2ccc(C)cc2)cs1. The van der Waals surface area contributed by atoms with Crippen molar-refractivity contribution in [2.75, 3.05) is 14.1 Å². The van der Waals surface area contributed by atoms with E-state index in [0.29, 0.717) is 18.0 Å². The normalized spacial score (nSPS) is 12.0. The van der Waals surface area contributed by atoms with E-state index in [9.17, 15) is 8.42 Å². The van der Waals surface area contributed by atoms with Crippen LogP contribution in [0.2, 0.25) is 0 Å². The van der Waals surface area contributed by atoms with Crippen LogP contribution in [0, 0.1) is 6.92 Å². The van der Waals surface area contributed by atoms with E-state index >= 15 is 0 Å². The number of rotatable bonds is 6. The van der Waals surface area contributed by atoms with E-state index in [4.69, 9.17) is 0 Å². The van der Waals surface area contributed by atoms with Crippen LogP contribution in [0.1, 0.15) is 16.0 Å². The van der Waals surface area contributed by atoms with Crippen LogP contribution in [0.5, 0.6) is 0 Å². The third-order valence-corrected chi connectivity index (χ3v) is 6.08. The van der Waals surface area contributed by atoms with Crippen LogP contribution in [-0.2, 0) is 23.1 Å². The van der Waals surface area contributed by atoms with Gasteiger partial charge in [0.05, 0.1) is 4.90 Å². The van der Waals surface area contributed by atoms with Gasteiger partial charge in [-0.25, -0.2) is 8.42 Å². The number of nitrogens with one attached hydrogen (secondary N) is 1. The molecule has 0 fully saturated rings. The Kier molecular flexibility index (Phi) is 5.16. The Hall–Kier alpha value is -1.21. The molecule has 0 aliphatic carbocycles. The summed E-state index contributed by atoms with van der Waals surface area (Å²) in [7, 11) is 0.0315. The Morgan fingerprint density at radius 1 is 1.24 bits per heavy atom. The van der Waals surface area contributed by atoms with Gasteiger partial charge in [0.25, 0.3) is 0 Å². The van der Waals surface area contributed by atoms with Crippen molar-refractivity contribution in [3.8, 4) is 0 Å². The third-order valence-electron chi connectivity index (χ3n) is 3.21. The lowest BCUT2D eigenvalue weighted by atomic mass is 10.1. The van der Waals surface area contributed by atoms with E-state index in [1.54, 1.807) is 18.5 Å². The Bertz CT molecular complexity index is 691. The van der Waals surface area contributed by atoms with E-state index in [1.807, 2.05) is 38.2 Å². The van der Waals surface area contributed by atoms with Gasteiger partial charge < -0.3 is 5.32 Å². The van der Waals surface area contributed by atoms with E-state index < -0.39 is 10.0 Å². The van der Waals surface area contributed by atoms with Crippen LogP contribution in [0.4, 0.5) is 0 Å². The van der Waals surface area contributed by atoms with E-state index in [0.717, 1.165) is 10.4 Å². The minimum absolute atomic E-state index is 0.368. The van der Waals surface area contributed by atoms with Crippen molar-refractivity contribution in [3.05, 3.63) is 51.7 Å². The summed E-state index contributed by atoms with van der Waals surface area (Å²) in [5.41, 5.74) is 2.15. The van der Waals surface area contributed by atoms with Crippen LogP contribution in [0.3, 0.4) is 0 Å². The number of nitrogens with zero attached hydrogens (tertiary/aromatic N) is 1. The molecule has 2 rings (SSSR count). The molecular formula is C15H20N2O2S2. The first-order valence-corrected chi connectivity index (χ1v) is 8.99. The molecule has 21 heavy (non-hydrogen) atoms. The van der Waals surface area contributed by atoms with E-state index in [-0.39, 0.29) is 0 Å². The lowest BCUT2D eigenvalue weighted by molar-refractivity contribution is 0.467. The summed E-state index contributed by atoms with van der Waals surface area (Å²) >= 11 is 1.46. The summed E-state index contributed by atoms with van der Waals surface area (Å²) in [5.74, 6) is 0. The zero-order chi connectivity index (χ0) is 15.5. The second-order valence-electron chi connectivity index (χ2n) is 5.03. The first kappa shape index (κ1) is 16.2. The molecule has 0 saturated carbocycles. The first-order chi connectivity index (χ1) is 9.93. The van der Waals surface area contributed by atoms with Crippen LogP contribution in [-0.4, -0.2) is 26.8 Å². The van der Waals surface area contributed by atoms with Crippen molar-refractivity contribution < 1.29 is 8.42 Å². The smallest absolute Gasteiger partial charge is 0.243 e. The molecule has 1 aromatic carbocycles. The maximum Gasteiger partial charge on any atom is 0.243 e. The second kappa shape index (κ2) is 6.70. The number of thiophene rings is 1. The fraction of sp³-hybridized carbons (Fsp3) is 0.333. The quantitative estimate of drug-likeness (QED) is 0.888. The highest BCUT2D eigenvalue weighted by molar-refractivity contribution is 7.89. The van der Waals surface area contributed by atoms with Gasteiger partial charge in [-0.05, 0) is 25.6 Å². The number of sulfonamides is 1. The number of aryl methyl sites for hydroxylation is 1. The zero-order valence-electron chi connectivity index (χ0n) is 12.5. The maximum absolute atomic E-state index is 12.5. The lowest BCUT2D eigenvalue weighted by Gasteiger charge is -2.16. The molecule has 0 radical (unpaired) electrons. The summed E-state index contributed by atoms with van der Waals surface area (Å²) in [5, 5.41) is 4.73. The second-order valence-corrected chi connectivity index (χ2v) is 8.07. The molecule has 0 atom stereocenters. The first-order valence-electron chi connectivity index (χ1n) is 6.67. The lowest BCUT2D eigenvalue weighted by Crippen LogP contribution is -2.26. The third kappa shape index (κ3) is 3.91. The minimum atomic E-state index is -3.43. The molecule has 0 spiro atoms. The predicted octanol–water partition coefficient (Wildman–Crippen LogP) is 2.60. The molecule has 0 unspecified atom stereocenters. The fourth-order valence-corrected chi connectivity index (χ4v) is 4.41. The van der Waals surface area contributed by atoms with E-state index in [2.05, 4.69) is 5.32 Å². The maximum atomic E-state index is 12.5. The van der Waals surface area contributed by atoms with Gasteiger partial charge >= 0.3 is 0 Å². The molecule has 1 aromatic heterocycles. The average Bonchev–Trinajstić information content (AvgIpc) is 2.91. The topological polar surface area (TPSA) is 49.4 Å². The molecule has 2 aromatic rings. The van der Waals surface area contributed by atoms with Gasteiger partial charge in [0, 0.05) is 30.4 Å². The van der Waals surface area contributed by atoms with Crippen molar-refractivity contribution in [2.45, 2.75) is 24.9 Å². The van der Waals surface area contributed by atoms with Gasteiger partial charge in [-0.3, -0.25) is 0 Å². The van der Waals surface area contributed by atoms with Crippen molar-refractivity contribution in [2.24, 2.45) is 0 Å². The Balaban J connectivity index is 2.15. The van der Waals surface area contributed by atoms with Gasteiger partial charge in [-0.1, -0.05) is 29.8 Å². The molecule has 1 N–H and O–H groups in total. The van der Waals surface area contributed by atoms with Gasteiger partial charge in [0.2, 0.25) is 10.0 Å². The molecule has 6 heteroatoms. The molecule has 0 saturated heterocycles. The van der Waals surface area contributed by atoms with Crippen molar-refractivity contribution in [3.63, 3.8) is 0 Å². The number of hydrogen-bond acceptors (Lipinski definition) is 4. The van der Waals surface area contributed by atoms with Crippen LogP contribution < -0.4 is 5.32 Å². The van der Waals surface area contributed by atoms with Crippen LogP contribution in [0.15, 0.2) is 40.6 Å². The monoisotopic (exact) mass is 324 g/mol. The summed E-state index contributed by atoms with van der Waals surface area (Å²) in [6.45, 7) is 3.07. The Morgan fingerprint density at radius 2 is 1.90 bits per heavy atom. The van der Waals surface area contributed by atoms with Gasteiger partial charge in [0.15, 0.2) is 0 Å². The Labute approximate surface area is 130 Å². The highest BCUT2D eigenvalue weighted by atomic mass is 32.2. The zero-order valence-corrected chi connectivity index (χ0v) is 14.1. The highest BCUT2D eigenvalue weighted by Gasteiger charge is 2.22. The minimum Gasteiger partial charge on any atom is -0.315 e. The molecule has 0 aliphatic heterocycles. The van der Waals surface area contributed by atoms with E-state index in [1.165, 1.54) is 21.2 Å². The molecule has 0 bridgehead atoms. The fourth-order valence-electron chi connectivity index (χ4n) is 1.98. The summed E-state index contributed by atoms with van der Waals surface area (Å²) < 4.78 is 26.5. The highest BCUT2D eigenvalue weighted by Crippen LogP contribution is 2.23. The summed E-state index contributed by atoms with van der Waals surface area (Å²) in [6, 6.07) is 9.64. The predicted molar refractivity (Wildman–Crippen MR) is 86.9 cm³/mol. The molecule has 1 heterocycles.